The molecule has 0 fully saturated rings. The fraction of sp³-hybridized carbons (Fsp3) is 0.476. The van der Waals surface area contributed by atoms with Gasteiger partial charge in [-0.2, -0.15) is 0 Å². The van der Waals surface area contributed by atoms with E-state index in [1.165, 1.54) is 0 Å². The number of aromatic amines is 1. The summed E-state index contributed by atoms with van der Waals surface area (Å²) in [5, 5.41) is 9.23. The summed E-state index contributed by atoms with van der Waals surface area (Å²) in [6.45, 7) is 12.5. The van der Waals surface area contributed by atoms with E-state index in [1.807, 2.05) is 31.2 Å². The minimum Gasteiger partial charge on any atom is -0.422 e. The molecule has 4 heteroatoms. The molecular formula is C21H31NO3. The Kier molecular flexibility index (Phi) is 8.42. The zero-order chi connectivity index (χ0) is 19.0. The Morgan fingerprint density at radius 2 is 1.72 bits per heavy atom. The summed E-state index contributed by atoms with van der Waals surface area (Å²) in [5.74, 6) is 0.833. The van der Waals surface area contributed by atoms with Gasteiger partial charge in [0.15, 0.2) is 0 Å². The smallest absolute Gasteiger partial charge is 0.346 e. The molecule has 0 aliphatic rings. The van der Waals surface area contributed by atoms with Crippen molar-refractivity contribution in [3.05, 3.63) is 45.9 Å². The summed E-state index contributed by atoms with van der Waals surface area (Å²) in [7, 11) is 0. The molecule has 1 aromatic carbocycles. The number of rotatable bonds is 2. The highest BCUT2D eigenvalue weighted by Crippen LogP contribution is 2.26. The van der Waals surface area contributed by atoms with Gasteiger partial charge in [0.25, 0.3) is 0 Å². The van der Waals surface area contributed by atoms with Crippen molar-refractivity contribution in [3.8, 4) is 0 Å². The standard InChI is InChI=1S/C15H15NO2.C4H10.C2H6O/c1-3-6-11-9(2)13-14(16-11)10-7-4-5-8-12(10)18-15(13)17;1-4(2)3;1-2-3/h4-5,7-8,16H,3,6H2,1-2H3;4H,1-3H3;3H,2H2,1H3. The Labute approximate surface area is 149 Å². The van der Waals surface area contributed by atoms with Crippen LogP contribution in [0.15, 0.2) is 33.5 Å². The topological polar surface area (TPSA) is 66.2 Å². The maximum atomic E-state index is 12.0. The lowest BCUT2D eigenvalue weighted by Crippen LogP contribution is -1.99. The van der Waals surface area contributed by atoms with Gasteiger partial charge in [0, 0.05) is 17.7 Å². The number of aliphatic hydroxyl groups is 1. The molecule has 0 bridgehead atoms. The van der Waals surface area contributed by atoms with Crippen LogP contribution >= 0.6 is 0 Å². The van der Waals surface area contributed by atoms with Crippen LogP contribution in [-0.2, 0) is 6.42 Å². The van der Waals surface area contributed by atoms with Crippen molar-refractivity contribution in [1.29, 1.82) is 0 Å². The molecule has 0 unspecified atom stereocenters. The zero-order valence-corrected chi connectivity index (χ0v) is 16.3. The normalized spacial score (nSPS) is 10.4. The van der Waals surface area contributed by atoms with Crippen molar-refractivity contribution < 1.29 is 9.52 Å². The summed E-state index contributed by atoms with van der Waals surface area (Å²) in [5.41, 5.74) is 3.45. The molecular weight excluding hydrogens is 314 g/mol. The first-order valence-corrected chi connectivity index (χ1v) is 9.01. The SMILES string of the molecule is CC(C)C.CCCc1[nH]c2c(c1C)c(=O)oc1ccccc12.CCO. The number of H-pyrrole nitrogens is 1. The van der Waals surface area contributed by atoms with E-state index in [0.717, 1.165) is 40.9 Å². The lowest BCUT2D eigenvalue weighted by molar-refractivity contribution is 0.318. The average Bonchev–Trinajstić information content (AvgIpc) is 2.86. The number of aryl methyl sites for hydroxylation is 2. The maximum Gasteiger partial charge on any atom is 0.346 e. The number of hydrogen-bond acceptors (Lipinski definition) is 3. The van der Waals surface area contributed by atoms with E-state index in [4.69, 9.17) is 9.52 Å². The van der Waals surface area contributed by atoms with Crippen LogP contribution in [0.2, 0.25) is 0 Å². The number of fused-ring (bicyclic) bond motifs is 3. The lowest BCUT2D eigenvalue weighted by atomic mass is 10.1. The van der Waals surface area contributed by atoms with E-state index in [2.05, 4.69) is 32.7 Å². The van der Waals surface area contributed by atoms with E-state index in [1.54, 1.807) is 6.92 Å². The van der Waals surface area contributed by atoms with Crippen molar-refractivity contribution in [2.24, 2.45) is 5.92 Å². The molecule has 2 heterocycles. The lowest BCUT2D eigenvalue weighted by Gasteiger charge is -1.97. The van der Waals surface area contributed by atoms with Crippen molar-refractivity contribution >= 4 is 21.9 Å². The predicted molar refractivity (Wildman–Crippen MR) is 106 cm³/mol. The summed E-state index contributed by atoms with van der Waals surface area (Å²) < 4.78 is 5.37. The monoisotopic (exact) mass is 345 g/mol. The number of para-hydroxylation sites is 1. The number of benzene rings is 1. The van der Waals surface area contributed by atoms with E-state index in [9.17, 15) is 4.79 Å². The van der Waals surface area contributed by atoms with Gasteiger partial charge in [-0.3, -0.25) is 0 Å². The summed E-state index contributed by atoms with van der Waals surface area (Å²) in [4.78, 5) is 15.4. The Balaban J connectivity index is 0.000000386. The molecule has 0 saturated heterocycles. The van der Waals surface area contributed by atoms with Gasteiger partial charge in [0.2, 0.25) is 0 Å². The zero-order valence-electron chi connectivity index (χ0n) is 16.3. The van der Waals surface area contributed by atoms with Gasteiger partial charge in [-0.15, -0.1) is 0 Å². The number of nitrogens with one attached hydrogen (secondary N) is 1. The Morgan fingerprint density at radius 3 is 2.28 bits per heavy atom. The van der Waals surface area contributed by atoms with Crippen LogP contribution < -0.4 is 5.63 Å². The van der Waals surface area contributed by atoms with Gasteiger partial charge in [0.05, 0.1) is 10.9 Å². The molecule has 2 N–H and O–H groups in total. The molecule has 0 saturated carbocycles. The van der Waals surface area contributed by atoms with Crippen LogP contribution in [-0.4, -0.2) is 16.7 Å². The van der Waals surface area contributed by atoms with Gasteiger partial charge in [0.1, 0.15) is 5.58 Å². The first kappa shape index (κ1) is 21.0. The Bertz CT molecular complexity index is 841. The van der Waals surface area contributed by atoms with Crippen LogP contribution in [0.4, 0.5) is 0 Å². The van der Waals surface area contributed by atoms with Crippen molar-refractivity contribution in [2.45, 2.75) is 54.4 Å². The highest BCUT2D eigenvalue weighted by atomic mass is 16.4. The molecule has 138 valence electrons. The van der Waals surface area contributed by atoms with Gasteiger partial charge in [-0.25, -0.2) is 4.79 Å². The van der Waals surface area contributed by atoms with Crippen molar-refractivity contribution in [1.82, 2.24) is 4.98 Å². The second kappa shape index (κ2) is 10.0. The van der Waals surface area contributed by atoms with Crippen LogP contribution in [0.5, 0.6) is 0 Å². The molecule has 0 aliphatic heterocycles. The van der Waals surface area contributed by atoms with Crippen LogP contribution in [0, 0.1) is 12.8 Å². The molecule has 0 radical (unpaired) electrons. The van der Waals surface area contributed by atoms with Gasteiger partial charge < -0.3 is 14.5 Å². The molecule has 4 nitrogen and oxygen atoms in total. The minimum absolute atomic E-state index is 0.250. The molecule has 0 aliphatic carbocycles. The highest BCUT2D eigenvalue weighted by Gasteiger charge is 2.14. The Hall–Kier alpha value is -2.07. The molecule has 3 rings (SSSR count). The summed E-state index contributed by atoms with van der Waals surface area (Å²) in [6, 6.07) is 7.63. The second-order valence-electron chi connectivity index (χ2n) is 6.66. The van der Waals surface area contributed by atoms with E-state index < -0.39 is 0 Å². The Morgan fingerprint density at radius 1 is 1.16 bits per heavy atom. The molecule has 0 spiro atoms. The third kappa shape index (κ3) is 5.46. The van der Waals surface area contributed by atoms with Crippen molar-refractivity contribution in [3.63, 3.8) is 0 Å². The van der Waals surface area contributed by atoms with E-state index in [-0.39, 0.29) is 12.2 Å². The van der Waals surface area contributed by atoms with Gasteiger partial charge in [-0.1, -0.05) is 46.2 Å². The van der Waals surface area contributed by atoms with Gasteiger partial charge >= 0.3 is 5.63 Å². The fourth-order valence-electron chi connectivity index (χ4n) is 2.52. The highest BCUT2D eigenvalue weighted by molar-refractivity contribution is 6.03. The quantitative estimate of drug-likeness (QED) is 0.628. The van der Waals surface area contributed by atoms with E-state index >= 15 is 0 Å². The second-order valence-corrected chi connectivity index (χ2v) is 6.66. The minimum atomic E-state index is -0.250. The molecule has 2 aromatic heterocycles. The van der Waals surface area contributed by atoms with Gasteiger partial charge in [-0.05, 0) is 43.9 Å². The number of aliphatic hydroxyl groups excluding tert-OH is 1. The molecule has 25 heavy (non-hydrogen) atoms. The third-order valence-corrected chi connectivity index (χ3v) is 3.42. The molecule has 3 aromatic rings. The van der Waals surface area contributed by atoms with E-state index in [0.29, 0.717) is 11.0 Å². The molecule has 0 atom stereocenters. The van der Waals surface area contributed by atoms with Crippen molar-refractivity contribution in [2.75, 3.05) is 6.61 Å². The summed E-state index contributed by atoms with van der Waals surface area (Å²) in [6.07, 6.45) is 2.01. The molecule has 0 amide bonds. The third-order valence-electron chi connectivity index (χ3n) is 3.42. The first-order valence-electron chi connectivity index (χ1n) is 9.01. The largest absolute Gasteiger partial charge is 0.422 e. The first-order chi connectivity index (χ1) is 11.9. The average molecular weight is 345 g/mol. The number of aromatic nitrogens is 1. The fourth-order valence-corrected chi connectivity index (χ4v) is 2.52. The van der Waals surface area contributed by atoms with Crippen LogP contribution in [0.1, 0.15) is 52.3 Å². The van der Waals surface area contributed by atoms with Crippen LogP contribution in [0.3, 0.4) is 0 Å². The maximum absolute atomic E-state index is 12.0. The summed E-state index contributed by atoms with van der Waals surface area (Å²) >= 11 is 0. The number of hydrogen-bond donors (Lipinski definition) is 2. The predicted octanol–water partition coefficient (Wildman–Crippen LogP) is 5.20. The van der Waals surface area contributed by atoms with Crippen LogP contribution in [0.25, 0.3) is 21.9 Å².